The molecule has 0 amide bonds. The van der Waals surface area contributed by atoms with Crippen LogP contribution in [0.5, 0.6) is 0 Å². The number of benzene rings is 2. The van der Waals surface area contributed by atoms with Crippen LogP contribution in [0, 0.1) is 0 Å². The predicted octanol–water partition coefficient (Wildman–Crippen LogP) is 2.48. The first-order valence-electron chi connectivity index (χ1n) is 8.02. The summed E-state index contributed by atoms with van der Waals surface area (Å²) in [6, 6.07) is 14.7. The third-order valence-corrected chi connectivity index (χ3v) is 3.97. The Labute approximate surface area is 177 Å². The molecule has 0 aliphatic rings. The number of carboxylic acid groups (broad SMARTS) is 1. The molecule has 7 nitrogen and oxygen atoms in total. The minimum absolute atomic E-state index is 0. The number of hydrogen-bond acceptors (Lipinski definition) is 5. The standard InChI is InChI=1S/C19H15N5O2.Na.H/c25-18(26)14-6-7-16-15(10-14)17(21-11-13-4-2-1-3-5-13)23-19(22-16)24-9-8-20-12-24;;/h1-10,12H,11H2,(H,25,26)(H,21,22,23);;. The Morgan fingerprint density at radius 3 is 2.63 bits per heavy atom. The number of hydrogen-bond donors (Lipinski definition) is 2. The summed E-state index contributed by atoms with van der Waals surface area (Å²) in [5.74, 6) is 0.0545. The third-order valence-electron chi connectivity index (χ3n) is 3.97. The van der Waals surface area contributed by atoms with Crippen LogP contribution in [0.3, 0.4) is 0 Å². The van der Waals surface area contributed by atoms with Crippen molar-refractivity contribution in [1.82, 2.24) is 19.5 Å². The van der Waals surface area contributed by atoms with E-state index in [0.717, 1.165) is 5.56 Å². The third kappa shape index (κ3) is 4.16. The van der Waals surface area contributed by atoms with Gasteiger partial charge in [-0.3, -0.25) is 4.57 Å². The first kappa shape index (κ1) is 19.0. The predicted molar refractivity (Wildman–Crippen MR) is 105 cm³/mol. The Bertz CT molecular complexity index is 1070. The van der Waals surface area contributed by atoms with Crippen molar-refractivity contribution in [2.24, 2.45) is 0 Å². The number of aromatic nitrogens is 4. The number of aromatic carboxylic acids is 1. The second kappa shape index (κ2) is 8.30. The summed E-state index contributed by atoms with van der Waals surface area (Å²) < 4.78 is 1.71. The molecule has 0 bridgehead atoms. The van der Waals surface area contributed by atoms with Crippen LogP contribution in [0.1, 0.15) is 15.9 Å². The van der Waals surface area contributed by atoms with E-state index in [1.54, 1.807) is 35.4 Å². The summed E-state index contributed by atoms with van der Waals surface area (Å²) in [6.45, 7) is 0.563. The van der Waals surface area contributed by atoms with Gasteiger partial charge in [-0.15, -0.1) is 0 Å². The van der Waals surface area contributed by atoms with Gasteiger partial charge in [-0.2, -0.15) is 4.98 Å². The molecule has 8 heteroatoms. The van der Waals surface area contributed by atoms with E-state index in [1.165, 1.54) is 6.07 Å². The molecular weight excluding hydrogens is 353 g/mol. The maximum atomic E-state index is 11.3. The van der Waals surface area contributed by atoms with Gasteiger partial charge < -0.3 is 10.4 Å². The van der Waals surface area contributed by atoms with Crippen LogP contribution in [0.15, 0.2) is 67.3 Å². The fourth-order valence-corrected chi connectivity index (χ4v) is 2.66. The van der Waals surface area contributed by atoms with Crippen LogP contribution in [0.25, 0.3) is 16.9 Å². The van der Waals surface area contributed by atoms with Crippen molar-refractivity contribution < 1.29 is 9.90 Å². The molecule has 0 aliphatic carbocycles. The number of rotatable bonds is 5. The SMILES string of the molecule is O=C(O)c1ccc2nc(-n3ccnc3)nc(NCc3ccccc3)c2c1.[NaH]. The van der Waals surface area contributed by atoms with Crippen LogP contribution < -0.4 is 5.32 Å². The summed E-state index contributed by atoms with van der Waals surface area (Å²) in [4.78, 5) is 24.4. The Balaban J connectivity index is 0.00000210. The number of anilines is 1. The topological polar surface area (TPSA) is 92.9 Å². The molecule has 0 fully saturated rings. The average Bonchev–Trinajstić information content (AvgIpc) is 3.21. The summed E-state index contributed by atoms with van der Waals surface area (Å²) in [7, 11) is 0. The van der Waals surface area contributed by atoms with E-state index in [1.807, 2.05) is 30.3 Å². The van der Waals surface area contributed by atoms with Gasteiger partial charge in [0.15, 0.2) is 0 Å². The summed E-state index contributed by atoms with van der Waals surface area (Å²) >= 11 is 0. The van der Waals surface area contributed by atoms with E-state index < -0.39 is 5.97 Å². The van der Waals surface area contributed by atoms with E-state index in [2.05, 4.69) is 20.3 Å². The van der Waals surface area contributed by atoms with Crippen LogP contribution >= 0.6 is 0 Å². The molecule has 0 aliphatic heterocycles. The molecule has 130 valence electrons. The molecule has 0 saturated carbocycles. The number of nitrogens with one attached hydrogen (secondary N) is 1. The fraction of sp³-hybridized carbons (Fsp3) is 0.0526. The monoisotopic (exact) mass is 369 g/mol. The number of imidazole rings is 1. The van der Waals surface area contributed by atoms with Gasteiger partial charge in [-0.1, -0.05) is 30.3 Å². The summed E-state index contributed by atoms with van der Waals surface area (Å²) in [6.07, 6.45) is 5.03. The quantitative estimate of drug-likeness (QED) is 0.525. The van der Waals surface area contributed by atoms with Crippen molar-refractivity contribution in [2.45, 2.75) is 6.54 Å². The van der Waals surface area contributed by atoms with E-state index in [0.29, 0.717) is 29.2 Å². The van der Waals surface area contributed by atoms with Crippen molar-refractivity contribution in [1.29, 1.82) is 0 Å². The van der Waals surface area contributed by atoms with E-state index in [9.17, 15) is 9.90 Å². The summed E-state index contributed by atoms with van der Waals surface area (Å²) in [5.41, 5.74) is 1.95. The molecule has 2 aromatic heterocycles. The zero-order chi connectivity index (χ0) is 17.9. The van der Waals surface area contributed by atoms with E-state index in [-0.39, 0.29) is 35.1 Å². The van der Waals surface area contributed by atoms with Gasteiger partial charge in [0, 0.05) is 24.3 Å². The van der Waals surface area contributed by atoms with Gasteiger partial charge in [0.1, 0.15) is 12.1 Å². The molecule has 2 N–H and O–H groups in total. The van der Waals surface area contributed by atoms with Crippen molar-refractivity contribution in [2.75, 3.05) is 5.32 Å². The van der Waals surface area contributed by atoms with Gasteiger partial charge in [-0.05, 0) is 23.8 Å². The minimum atomic E-state index is -0.986. The molecule has 0 radical (unpaired) electrons. The molecule has 4 rings (SSSR count). The number of fused-ring (bicyclic) bond motifs is 1. The molecular formula is C19H16N5NaO2. The first-order valence-corrected chi connectivity index (χ1v) is 8.02. The maximum absolute atomic E-state index is 11.3. The molecule has 0 saturated heterocycles. The van der Waals surface area contributed by atoms with Gasteiger partial charge >= 0.3 is 35.5 Å². The zero-order valence-electron chi connectivity index (χ0n) is 13.7. The van der Waals surface area contributed by atoms with Crippen LogP contribution in [-0.2, 0) is 6.54 Å². The van der Waals surface area contributed by atoms with E-state index in [4.69, 9.17) is 0 Å². The zero-order valence-corrected chi connectivity index (χ0v) is 13.7. The van der Waals surface area contributed by atoms with Gasteiger partial charge in [0.25, 0.3) is 0 Å². The van der Waals surface area contributed by atoms with Crippen molar-refractivity contribution in [3.8, 4) is 5.95 Å². The fourth-order valence-electron chi connectivity index (χ4n) is 2.66. The van der Waals surface area contributed by atoms with Crippen LogP contribution in [-0.4, -0.2) is 60.2 Å². The number of carbonyl (C=O) groups is 1. The first-order chi connectivity index (χ1) is 12.7. The van der Waals surface area contributed by atoms with Crippen LogP contribution in [0.4, 0.5) is 5.82 Å². The molecule has 2 heterocycles. The Morgan fingerprint density at radius 1 is 1.11 bits per heavy atom. The van der Waals surface area contributed by atoms with Gasteiger partial charge in [0.05, 0.1) is 11.1 Å². The average molecular weight is 369 g/mol. The number of carboxylic acids is 1. The van der Waals surface area contributed by atoms with Crippen molar-refractivity contribution >= 4 is 52.2 Å². The molecule has 4 aromatic rings. The Hall–Kier alpha value is -2.74. The van der Waals surface area contributed by atoms with Gasteiger partial charge in [-0.25, -0.2) is 14.8 Å². The normalized spacial score (nSPS) is 10.4. The van der Waals surface area contributed by atoms with Crippen molar-refractivity contribution in [3.05, 3.63) is 78.4 Å². The second-order valence-corrected chi connectivity index (χ2v) is 5.72. The molecule has 0 spiro atoms. The molecule has 0 unspecified atom stereocenters. The van der Waals surface area contributed by atoms with E-state index >= 15 is 0 Å². The van der Waals surface area contributed by atoms with Crippen LogP contribution in [0.2, 0.25) is 0 Å². The summed E-state index contributed by atoms with van der Waals surface area (Å²) in [5, 5.41) is 13.2. The molecule has 2 aromatic carbocycles. The Kier molecular flexibility index (Phi) is 5.85. The second-order valence-electron chi connectivity index (χ2n) is 5.72. The molecule has 0 atom stereocenters. The Morgan fingerprint density at radius 2 is 1.93 bits per heavy atom. The molecule has 27 heavy (non-hydrogen) atoms. The van der Waals surface area contributed by atoms with Crippen molar-refractivity contribution in [3.63, 3.8) is 0 Å². The van der Waals surface area contributed by atoms with Gasteiger partial charge in [0.2, 0.25) is 5.95 Å². The number of nitrogens with zero attached hydrogens (tertiary/aromatic N) is 4.